The number of benzene rings is 2. The van der Waals surface area contributed by atoms with E-state index < -0.39 is 27.2 Å². The van der Waals surface area contributed by atoms with Crippen molar-refractivity contribution in [2.75, 3.05) is 6.61 Å². The molecule has 0 aliphatic carbocycles. The Balaban J connectivity index is 1.42. The van der Waals surface area contributed by atoms with Crippen LogP contribution >= 0.6 is 0 Å². The van der Waals surface area contributed by atoms with Gasteiger partial charge in [-0.1, -0.05) is 24.3 Å². The van der Waals surface area contributed by atoms with Gasteiger partial charge in [-0.15, -0.1) is 0 Å². The first-order valence-corrected chi connectivity index (χ1v) is 9.57. The molecule has 144 valence electrons. The van der Waals surface area contributed by atoms with Gasteiger partial charge in [0.1, 0.15) is 12.4 Å². The lowest BCUT2D eigenvalue weighted by molar-refractivity contribution is -0.130. The minimum absolute atomic E-state index is 0.0142. The smallest absolute Gasteiger partial charge is 0.328 e. The zero-order chi connectivity index (χ0) is 19.7. The van der Waals surface area contributed by atoms with E-state index in [1.54, 1.807) is 6.07 Å². The van der Waals surface area contributed by atoms with Crippen molar-refractivity contribution < 1.29 is 31.7 Å². The maximum atomic E-state index is 12.2. The van der Waals surface area contributed by atoms with Crippen molar-refractivity contribution in [2.24, 2.45) is 5.10 Å². The van der Waals surface area contributed by atoms with Crippen molar-refractivity contribution in [3.05, 3.63) is 54.3 Å². The van der Waals surface area contributed by atoms with Gasteiger partial charge in [0.15, 0.2) is 11.5 Å². The highest BCUT2D eigenvalue weighted by Crippen LogP contribution is 2.35. The Hall–Kier alpha value is -3.37. The lowest BCUT2D eigenvalue weighted by atomic mass is 10.1. The van der Waals surface area contributed by atoms with E-state index in [-0.39, 0.29) is 12.4 Å². The summed E-state index contributed by atoms with van der Waals surface area (Å²) in [6.45, 7) is 0.0142. The minimum Gasteiger partial charge on any atom is -0.485 e. The largest absolute Gasteiger partial charge is 0.485 e. The van der Waals surface area contributed by atoms with Crippen molar-refractivity contribution in [2.45, 2.75) is 11.2 Å². The number of carbonyl (C=O) groups excluding carboxylic acids is 1. The maximum Gasteiger partial charge on any atom is 0.328 e. The molecule has 2 heterocycles. The van der Waals surface area contributed by atoms with E-state index >= 15 is 0 Å². The van der Waals surface area contributed by atoms with Crippen LogP contribution in [0.3, 0.4) is 0 Å². The van der Waals surface area contributed by atoms with Crippen LogP contribution in [0, 0.1) is 0 Å². The number of hydrogen-bond donors (Lipinski definition) is 2. The van der Waals surface area contributed by atoms with Gasteiger partial charge >= 0.3 is 10.1 Å². The lowest BCUT2D eigenvalue weighted by Gasteiger charge is -2.25. The predicted octanol–water partition coefficient (Wildman–Crippen LogP) is 1.97. The fraction of sp³-hybridized carbons (Fsp3) is 0.111. The topological polar surface area (TPSA) is 127 Å². The third-order valence-corrected chi connectivity index (χ3v) is 4.71. The van der Waals surface area contributed by atoms with Crippen LogP contribution in [0.4, 0.5) is 0 Å². The normalized spacial score (nSPS) is 16.4. The summed E-state index contributed by atoms with van der Waals surface area (Å²) < 4.78 is 46.9. The van der Waals surface area contributed by atoms with Crippen molar-refractivity contribution in [3.63, 3.8) is 0 Å². The summed E-state index contributed by atoms with van der Waals surface area (Å²) in [5.41, 5.74) is 2.27. The Labute approximate surface area is 159 Å². The average Bonchev–Trinajstić information content (AvgIpc) is 3.15. The van der Waals surface area contributed by atoms with Gasteiger partial charge < -0.3 is 13.9 Å². The summed E-state index contributed by atoms with van der Waals surface area (Å²) in [4.78, 5) is 12.2. The van der Waals surface area contributed by atoms with Gasteiger partial charge in [-0.25, -0.2) is 5.43 Å². The van der Waals surface area contributed by atoms with Gasteiger partial charge in [-0.2, -0.15) is 13.5 Å². The van der Waals surface area contributed by atoms with Gasteiger partial charge in [-0.05, 0) is 35.0 Å². The van der Waals surface area contributed by atoms with E-state index in [2.05, 4.69) is 10.5 Å². The lowest BCUT2D eigenvalue weighted by Crippen LogP contribution is -2.42. The van der Waals surface area contributed by atoms with E-state index in [1.807, 2.05) is 30.3 Å². The molecular formula is C18H14N2O7S. The molecule has 0 unspecified atom stereocenters. The number of hydrogen-bond acceptors (Lipinski definition) is 7. The Morgan fingerprint density at radius 3 is 2.54 bits per heavy atom. The van der Waals surface area contributed by atoms with Crippen molar-refractivity contribution in [3.8, 4) is 11.5 Å². The summed E-state index contributed by atoms with van der Waals surface area (Å²) in [6, 6.07) is 13.7. The number of fused-ring (bicyclic) bond motifs is 2. The molecule has 0 spiro atoms. The molecule has 1 aromatic heterocycles. The number of rotatable bonds is 4. The van der Waals surface area contributed by atoms with Gasteiger partial charge in [0, 0.05) is 0 Å². The van der Waals surface area contributed by atoms with Crippen molar-refractivity contribution in [1.82, 2.24) is 5.43 Å². The quantitative estimate of drug-likeness (QED) is 0.388. The fourth-order valence-corrected chi connectivity index (χ4v) is 3.10. The number of ether oxygens (including phenoxy) is 2. The molecule has 28 heavy (non-hydrogen) atoms. The number of nitrogens with zero attached hydrogens (tertiary/aromatic N) is 1. The number of furan rings is 1. The SMILES string of the molecule is O=C(N/N=C/c1ccc(S(=O)(=O)O)o1)[C@@H]1COc2cc3ccccc3cc2O1. The fourth-order valence-electron chi connectivity index (χ4n) is 2.66. The summed E-state index contributed by atoms with van der Waals surface area (Å²) in [5, 5.41) is 5.03. The maximum absolute atomic E-state index is 12.2. The molecule has 0 radical (unpaired) electrons. The molecule has 0 saturated carbocycles. The number of hydrazone groups is 1. The zero-order valence-electron chi connectivity index (χ0n) is 14.2. The van der Waals surface area contributed by atoms with Crippen LogP contribution in [0.5, 0.6) is 11.5 Å². The summed E-state index contributed by atoms with van der Waals surface area (Å²) >= 11 is 0. The minimum atomic E-state index is -4.44. The second kappa shape index (κ2) is 6.98. The van der Waals surface area contributed by atoms with Crippen LogP contribution in [-0.2, 0) is 14.9 Å². The molecule has 4 rings (SSSR count). The Morgan fingerprint density at radius 1 is 1.14 bits per heavy atom. The second-order valence-corrected chi connectivity index (χ2v) is 7.28. The molecule has 1 aliphatic heterocycles. The monoisotopic (exact) mass is 402 g/mol. The Morgan fingerprint density at radius 2 is 1.86 bits per heavy atom. The van der Waals surface area contributed by atoms with Gasteiger partial charge in [0.05, 0.1) is 6.21 Å². The van der Waals surface area contributed by atoms with Gasteiger partial charge in [0.2, 0.25) is 11.2 Å². The highest BCUT2D eigenvalue weighted by molar-refractivity contribution is 7.85. The molecular weight excluding hydrogens is 388 g/mol. The predicted molar refractivity (Wildman–Crippen MR) is 98.1 cm³/mol. The summed E-state index contributed by atoms with van der Waals surface area (Å²) in [5.74, 6) is 0.500. The first-order valence-electron chi connectivity index (χ1n) is 8.13. The molecule has 9 nitrogen and oxygen atoms in total. The molecule has 0 bridgehead atoms. The molecule has 2 N–H and O–H groups in total. The highest BCUT2D eigenvalue weighted by Gasteiger charge is 2.27. The second-order valence-electron chi connectivity index (χ2n) is 5.93. The molecule has 0 fully saturated rings. The standard InChI is InChI=1S/C18H14N2O7S/c21-18(20-19-9-13-5-6-17(26-13)28(22,23)24)16-10-25-14-7-11-3-1-2-4-12(11)8-15(14)27-16/h1-9,16H,10H2,(H,20,21)(H,22,23,24)/b19-9+/t16-/m0/s1. The van der Waals surface area contributed by atoms with Crippen LogP contribution < -0.4 is 14.9 Å². The van der Waals surface area contributed by atoms with E-state index in [0.29, 0.717) is 11.5 Å². The van der Waals surface area contributed by atoms with E-state index in [9.17, 15) is 13.2 Å². The number of carbonyl (C=O) groups is 1. The van der Waals surface area contributed by atoms with Crippen LogP contribution in [0.25, 0.3) is 10.8 Å². The van der Waals surface area contributed by atoms with Crippen molar-refractivity contribution in [1.29, 1.82) is 0 Å². The third kappa shape index (κ3) is 3.68. The van der Waals surface area contributed by atoms with E-state index in [0.717, 1.165) is 23.1 Å². The van der Waals surface area contributed by atoms with Crippen LogP contribution in [0.2, 0.25) is 0 Å². The summed E-state index contributed by atoms with van der Waals surface area (Å²) in [6.07, 6.45) is 0.188. The van der Waals surface area contributed by atoms with Gasteiger partial charge in [0.25, 0.3) is 5.91 Å². The van der Waals surface area contributed by atoms with E-state index in [1.165, 1.54) is 6.07 Å². The molecule has 2 aromatic carbocycles. The first kappa shape index (κ1) is 18.0. The number of amides is 1. The molecule has 3 aromatic rings. The molecule has 1 amide bonds. The third-order valence-electron chi connectivity index (χ3n) is 3.99. The molecule has 1 atom stereocenters. The van der Waals surface area contributed by atoms with Crippen LogP contribution in [0.15, 0.2) is 63.1 Å². The molecule has 1 aliphatic rings. The molecule has 0 saturated heterocycles. The highest BCUT2D eigenvalue weighted by atomic mass is 32.2. The Bertz CT molecular complexity index is 1180. The summed E-state index contributed by atoms with van der Waals surface area (Å²) in [7, 11) is -4.44. The van der Waals surface area contributed by atoms with Crippen LogP contribution in [0.1, 0.15) is 5.76 Å². The van der Waals surface area contributed by atoms with E-state index in [4.69, 9.17) is 18.4 Å². The van der Waals surface area contributed by atoms with Gasteiger partial charge in [-0.3, -0.25) is 9.35 Å². The average molecular weight is 402 g/mol. The zero-order valence-corrected chi connectivity index (χ0v) is 15.0. The Kier molecular flexibility index (Phi) is 4.49. The molecule has 10 heteroatoms. The van der Waals surface area contributed by atoms with Crippen molar-refractivity contribution >= 4 is 33.0 Å². The van der Waals surface area contributed by atoms with Crippen LogP contribution in [-0.4, -0.2) is 37.8 Å². The first-order chi connectivity index (χ1) is 13.4. The number of nitrogens with one attached hydrogen (secondary N) is 1.